The monoisotopic (exact) mass is 251 g/mol. The zero-order valence-corrected chi connectivity index (χ0v) is 11.5. The zero-order valence-electron chi connectivity index (χ0n) is 11.5. The molecule has 0 radical (unpaired) electrons. The fourth-order valence-electron chi connectivity index (χ4n) is 2.44. The van der Waals surface area contributed by atoms with Crippen molar-refractivity contribution in [2.24, 2.45) is 0 Å². The highest BCUT2D eigenvalue weighted by Gasteiger charge is 2.44. The van der Waals surface area contributed by atoms with Crippen LogP contribution in [-0.2, 0) is 5.41 Å². The molecule has 0 spiro atoms. The van der Waals surface area contributed by atoms with Crippen molar-refractivity contribution >= 4 is 0 Å². The average Bonchev–Trinajstić information content (AvgIpc) is 3.18. The number of benzene rings is 1. The molecule has 1 aliphatic rings. The summed E-state index contributed by atoms with van der Waals surface area (Å²) < 4.78 is 16.1. The summed E-state index contributed by atoms with van der Waals surface area (Å²) in [5, 5.41) is 3.26. The molecule has 2 rings (SSSR count). The van der Waals surface area contributed by atoms with E-state index in [0.29, 0.717) is 5.75 Å². The molecule has 1 aromatic rings. The molecule has 1 saturated carbocycles. The van der Waals surface area contributed by atoms with Gasteiger partial charge < -0.3 is 19.5 Å². The predicted octanol–water partition coefficient (Wildman–Crippen LogP) is 1.96. The molecule has 100 valence electrons. The van der Waals surface area contributed by atoms with Crippen molar-refractivity contribution in [3.05, 3.63) is 17.7 Å². The Balaban J connectivity index is 2.44. The predicted molar refractivity (Wildman–Crippen MR) is 70.9 cm³/mol. The minimum absolute atomic E-state index is 0.238. The third kappa shape index (κ3) is 2.12. The summed E-state index contributed by atoms with van der Waals surface area (Å²) in [6.45, 7) is 0.978. The van der Waals surface area contributed by atoms with E-state index in [2.05, 4.69) is 17.4 Å². The van der Waals surface area contributed by atoms with Gasteiger partial charge in [0.15, 0.2) is 11.5 Å². The van der Waals surface area contributed by atoms with E-state index in [-0.39, 0.29) is 5.41 Å². The lowest BCUT2D eigenvalue weighted by Crippen LogP contribution is -2.23. The van der Waals surface area contributed by atoms with Crippen LogP contribution in [0.4, 0.5) is 0 Å². The summed E-state index contributed by atoms with van der Waals surface area (Å²) >= 11 is 0. The van der Waals surface area contributed by atoms with Crippen LogP contribution in [0, 0.1) is 0 Å². The van der Waals surface area contributed by atoms with Crippen molar-refractivity contribution in [2.45, 2.75) is 18.3 Å². The molecule has 0 atom stereocenters. The molecule has 0 unspecified atom stereocenters. The smallest absolute Gasteiger partial charge is 0.203 e. The average molecular weight is 251 g/mol. The summed E-state index contributed by atoms with van der Waals surface area (Å²) in [5.74, 6) is 2.12. The number of rotatable bonds is 6. The van der Waals surface area contributed by atoms with Crippen molar-refractivity contribution in [1.82, 2.24) is 5.32 Å². The van der Waals surface area contributed by atoms with Gasteiger partial charge in [0.05, 0.1) is 21.3 Å². The second kappa shape index (κ2) is 5.06. The van der Waals surface area contributed by atoms with E-state index in [1.165, 1.54) is 18.4 Å². The fourth-order valence-corrected chi connectivity index (χ4v) is 2.44. The molecule has 1 fully saturated rings. The van der Waals surface area contributed by atoms with Gasteiger partial charge in [-0.3, -0.25) is 0 Å². The Hall–Kier alpha value is -1.42. The standard InChI is InChI=1S/C14H21NO3/c1-15-9-14(5-6-14)10-7-11(16-2)13(18-4)12(8-10)17-3/h7-8,15H,5-6,9H2,1-4H3. The van der Waals surface area contributed by atoms with Crippen LogP contribution < -0.4 is 19.5 Å². The third-order valence-corrected chi connectivity index (χ3v) is 3.65. The van der Waals surface area contributed by atoms with Crippen LogP contribution in [0.3, 0.4) is 0 Å². The van der Waals surface area contributed by atoms with Crippen LogP contribution in [0.2, 0.25) is 0 Å². The van der Waals surface area contributed by atoms with Crippen LogP contribution in [0.1, 0.15) is 18.4 Å². The van der Waals surface area contributed by atoms with E-state index < -0.39 is 0 Å². The normalized spacial score (nSPS) is 16.2. The largest absolute Gasteiger partial charge is 0.493 e. The topological polar surface area (TPSA) is 39.7 Å². The van der Waals surface area contributed by atoms with Gasteiger partial charge >= 0.3 is 0 Å². The van der Waals surface area contributed by atoms with Crippen molar-refractivity contribution in [1.29, 1.82) is 0 Å². The summed E-state index contributed by atoms with van der Waals surface area (Å²) in [6.07, 6.45) is 2.40. The zero-order chi connectivity index (χ0) is 13.2. The Morgan fingerprint density at radius 1 is 1.06 bits per heavy atom. The molecule has 0 bridgehead atoms. The lowest BCUT2D eigenvalue weighted by molar-refractivity contribution is 0.323. The molecule has 0 aromatic heterocycles. The fraction of sp³-hybridized carbons (Fsp3) is 0.571. The highest BCUT2D eigenvalue weighted by atomic mass is 16.5. The Kier molecular flexibility index (Phi) is 3.66. The molecular weight excluding hydrogens is 230 g/mol. The maximum atomic E-state index is 5.40. The second-order valence-electron chi connectivity index (χ2n) is 4.72. The second-order valence-corrected chi connectivity index (χ2v) is 4.72. The van der Waals surface area contributed by atoms with E-state index in [1.54, 1.807) is 21.3 Å². The molecular formula is C14H21NO3. The van der Waals surface area contributed by atoms with Crippen LogP contribution in [-0.4, -0.2) is 34.9 Å². The van der Waals surface area contributed by atoms with Gasteiger partial charge in [-0.1, -0.05) is 0 Å². The SMILES string of the molecule is CNCC1(c2cc(OC)c(OC)c(OC)c2)CC1. The maximum absolute atomic E-state index is 5.40. The molecule has 0 aliphatic heterocycles. The van der Waals surface area contributed by atoms with Gasteiger partial charge in [-0.05, 0) is 37.6 Å². The highest BCUT2D eigenvalue weighted by molar-refractivity contribution is 5.56. The third-order valence-electron chi connectivity index (χ3n) is 3.65. The van der Waals surface area contributed by atoms with Gasteiger partial charge in [-0.2, -0.15) is 0 Å². The quantitative estimate of drug-likeness (QED) is 0.839. The van der Waals surface area contributed by atoms with Crippen LogP contribution in [0.25, 0.3) is 0 Å². The van der Waals surface area contributed by atoms with Crippen molar-refractivity contribution in [2.75, 3.05) is 34.9 Å². The molecule has 4 nitrogen and oxygen atoms in total. The van der Waals surface area contributed by atoms with Gasteiger partial charge in [0.2, 0.25) is 5.75 Å². The summed E-state index contributed by atoms with van der Waals surface area (Å²) in [5.41, 5.74) is 1.49. The van der Waals surface area contributed by atoms with E-state index in [4.69, 9.17) is 14.2 Å². The number of nitrogens with one attached hydrogen (secondary N) is 1. The summed E-state index contributed by atoms with van der Waals surface area (Å²) in [4.78, 5) is 0. The van der Waals surface area contributed by atoms with Gasteiger partial charge in [-0.15, -0.1) is 0 Å². The Morgan fingerprint density at radius 2 is 1.61 bits per heavy atom. The lowest BCUT2D eigenvalue weighted by atomic mass is 9.95. The first-order valence-electron chi connectivity index (χ1n) is 6.16. The first-order valence-corrected chi connectivity index (χ1v) is 6.16. The molecule has 0 heterocycles. The van der Waals surface area contributed by atoms with Crippen LogP contribution in [0.5, 0.6) is 17.2 Å². The van der Waals surface area contributed by atoms with Crippen LogP contribution in [0.15, 0.2) is 12.1 Å². The van der Waals surface area contributed by atoms with Crippen LogP contribution >= 0.6 is 0 Å². The number of hydrogen-bond acceptors (Lipinski definition) is 4. The first kappa shape index (κ1) is 13.0. The van der Waals surface area contributed by atoms with E-state index in [9.17, 15) is 0 Å². The molecule has 1 aliphatic carbocycles. The van der Waals surface area contributed by atoms with Gasteiger partial charge in [0.25, 0.3) is 0 Å². The van der Waals surface area contributed by atoms with Gasteiger partial charge in [0.1, 0.15) is 0 Å². The molecule has 1 N–H and O–H groups in total. The molecule has 18 heavy (non-hydrogen) atoms. The Labute approximate surface area is 108 Å². The van der Waals surface area contributed by atoms with E-state index >= 15 is 0 Å². The number of likely N-dealkylation sites (N-methyl/N-ethyl adjacent to an activating group) is 1. The molecule has 0 saturated heterocycles. The van der Waals surface area contributed by atoms with E-state index in [1.807, 2.05) is 7.05 Å². The molecule has 0 amide bonds. The maximum Gasteiger partial charge on any atom is 0.203 e. The highest BCUT2D eigenvalue weighted by Crippen LogP contribution is 2.51. The summed E-state index contributed by atoms with van der Waals surface area (Å²) in [7, 11) is 6.91. The minimum atomic E-state index is 0.238. The first-order chi connectivity index (χ1) is 8.70. The lowest BCUT2D eigenvalue weighted by Gasteiger charge is -2.19. The van der Waals surface area contributed by atoms with Crippen molar-refractivity contribution in [3.63, 3.8) is 0 Å². The molecule has 4 heteroatoms. The van der Waals surface area contributed by atoms with Gasteiger partial charge in [0, 0.05) is 12.0 Å². The summed E-state index contributed by atoms with van der Waals surface area (Å²) in [6, 6.07) is 4.12. The van der Waals surface area contributed by atoms with E-state index in [0.717, 1.165) is 18.0 Å². The number of hydrogen-bond donors (Lipinski definition) is 1. The van der Waals surface area contributed by atoms with Crippen molar-refractivity contribution in [3.8, 4) is 17.2 Å². The Bertz CT molecular complexity index is 402. The van der Waals surface area contributed by atoms with Gasteiger partial charge in [-0.25, -0.2) is 0 Å². The Morgan fingerprint density at radius 3 is 1.94 bits per heavy atom. The number of ether oxygens (including phenoxy) is 3. The van der Waals surface area contributed by atoms with Crippen molar-refractivity contribution < 1.29 is 14.2 Å². The minimum Gasteiger partial charge on any atom is -0.493 e. The molecule has 1 aromatic carbocycles. The number of methoxy groups -OCH3 is 3.